The lowest BCUT2D eigenvalue weighted by molar-refractivity contribution is 0.144. The van der Waals surface area contributed by atoms with E-state index in [4.69, 9.17) is 0 Å². The summed E-state index contributed by atoms with van der Waals surface area (Å²) in [5, 5.41) is 3.72. The van der Waals surface area contributed by atoms with Gasteiger partial charge in [-0.15, -0.1) is 0 Å². The first kappa shape index (κ1) is 15.4. The average molecular weight is 265 g/mol. The Labute approximate surface area is 120 Å². The van der Waals surface area contributed by atoms with E-state index in [0.29, 0.717) is 6.04 Å². The highest BCUT2D eigenvalue weighted by molar-refractivity contribution is 4.84. The summed E-state index contributed by atoms with van der Waals surface area (Å²) in [5.74, 6) is 4.03. The average Bonchev–Trinajstić information content (AvgIpc) is 2.62. The van der Waals surface area contributed by atoms with Crippen LogP contribution in [0.2, 0.25) is 0 Å². The highest BCUT2D eigenvalue weighted by Gasteiger charge is 2.32. The van der Waals surface area contributed by atoms with E-state index >= 15 is 0 Å². The first-order chi connectivity index (χ1) is 9.16. The van der Waals surface area contributed by atoms with Gasteiger partial charge >= 0.3 is 0 Å². The molecule has 0 heterocycles. The summed E-state index contributed by atoms with van der Waals surface area (Å²) in [7, 11) is 0. The molecule has 1 N–H and O–H groups in total. The van der Waals surface area contributed by atoms with Crippen LogP contribution in [0.5, 0.6) is 0 Å². The molecule has 0 bridgehead atoms. The molecule has 0 saturated heterocycles. The zero-order valence-electron chi connectivity index (χ0n) is 13.5. The molecule has 0 aromatic heterocycles. The fourth-order valence-corrected chi connectivity index (χ4v) is 4.39. The Morgan fingerprint density at radius 2 is 1.58 bits per heavy atom. The van der Waals surface area contributed by atoms with Crippen molar-refractivity contribution in [2.45, 2.75) is 84.6 Å². The van der Waals surface area contributed by atoms with Crippen molar-refractivity contribution in [1.29, 1.82) is 0 Å². The van der Waals surface area contributed by atoms with Crippen LogP contribution in [0.3, 0.4) is 0 Å². The van der Waals surface area contributed by atoms with Crippen molar-refractivity contribution >= 4 is 0 Å². The predicted molar refractivity (Wildman–Crippen MR) is 84.3 cm³/mol. The van der Waals surface area contributed by atoms with Gasteiger partial charge in [0.2, 0.25) is 0 Å². The molecule has 0 aromatic rings. The Morgan fingerprint density at radius 3 is 2.26 bits per heavy atom. The Bertz CT molecular complexity index is 240. The fraction of sp³-hybridized carbons (Fsp3) is 1.00. The molecule has 2 saturated carbocycles. The summed E-state index contributed by atoms with van der Waals surface area (Å²) in [4.78, 5) is 0. The molecule has 2 unspecified atom stereocenters. The van der Waals surface area contributed by atoms with Crippen LogP contribution in [0.15, 0.2) is 0 Å². The van der Waals surface area contributed by atoms with Crippen molar-refractivity contribution in [2.24, 2.45) is 23.7 Å². The topological polar surface area (TPSA) is 12.0 Å². The van der Waals surface area contributed by atoms with Gasteiger partial charge in [-0.05, 0) is 55.9 Å². The van der Waals surface area contributed by atoms with Crippen molar-refractivity contribution in [2.75, 3.05) is 6.54 Å². The minimum atomic E-state index is 0.648. The number of hydrogen-bond donors (Lipinski definition) is 1. The Balaban J connectivity index is 1.92. The van der Waals surface area contributed by atoms with Gasteiger partial charge in [-0.1, -0.05) is 52.9 Å². The van der Waals surface area contributed by atoms with E-state index < -0.39 is 0 Å². The molecule has 1 heteroatoms. The molecule has 0 radical (unpaired) electrons. The van der Waals surface area contributed by atoms with E-state index in [2.05, 4.69) is 26.1 Å². The molecule has 2 aliphatic rings. The van der Waals surface area contributed by atoms with Gasteiger partial charge in [0.15, 0.2) is 0 Å². The molecule has 2 rings (SSSR count). The summed E-state index contributed by atoms with van der Waals surface area (Å²) in [6.07, 6.45) is 13.5. The highest BCUT2D eigenvalue weighted by atomic mass is 14.9. The summed E-state index contributed by atoms with van der Waals surface area (Å²) < 4.78 is 0. The molecular formula is C18H35N. The zero-order valence-corrected chi connectivity index (χ0v) is 13.5. The van der Waals surface area contributed by atoms with Crippen LogP contribution < -0.4 is 5.32 Å². The summed E-state index contributed by atoms with van der Waals surface area (Å²) in [5.41, 5.74) is 0. The molecule has 1 nitrogen and oxygen atoms in total. The minimum absolute atomic E-state index is 0.648. The lowest BCUT2D eigenvalue weighted by Crippen LogP contribution is -2.35. The minimum Gasteiger partial charge on any atom is -0.314 e. The maximum absolute atomic E-state index is 3.72. The van der Waals surface area contributed by atoms with Crippen molar-refractivity contribution in [3.8, 4) is 0 Å². The molecule has 112 valence electrons. The Kier molecular flexibility index (Phi) is 6.19. The monoisotopic (exact) mass is 265 g/mol. The first-order valence-corrected chi connectivity index (χ1v) is 8.90. The van der Waals surface area contributed by atoms with Crippen LogP contribution in [0, 0.1) is 23.7 Å². The molecule has 0 amide bonds. The molecule has 2 aliphatic carbocycles. The lowest BCUT2D eigenvalue weighted by Gasteiger charge is -2.37. The van der Waals surface area contributed by atoms with Crippen molar-refractivity contribution in [3.05, 3.63) is 0 Å². The first-order valence-electron chi connectivity index (χ1n) is 8.90. The third kappa shape index (κ3) is 4.77. The van der Waals surface area contributed by atoms with Crippen LogP contribution in [-0.2, 0) is 0 Å². The zero-order chi connectivity index (χ0) is 13.7. The SMILES string of the molecule is CC1CCC(C2CCCCCC2CNC(C)C)CC1. The third-order valence-corrected chi connectivity index (χ3v) is 5.67. The van der Waals surface area contributed by atoms with Gasteiger partial charge in [-0.3, -0.25) is 0 Å². The summed E-state index contributed by atoms with van der Waals surface area (Å²) in [6, 6.07) is 0.648. The van der Waals surface area contributed by atoms with Crippen molar-refractivity contribution in [3.63, 3.8) is 0 Å². The van der Waals surface area contributed by atoms with E-state index in [-0.39, 0.29) is 0 Å². The standard InChI is InChI=1S/C18H35N/c1-14(2)19-13-17-7-5-4-6-8-18(17)16-11-9-15(3)10-12-16/h14-19H,4-13H2,1-3H3. The van der Waals surface area contributed by atoms with E-state index in [9.17, 15) is 0 Å². The molecule has 2 atom stereocenters. The van der Waals surface area contributed by atoms with Gasteiger partial charge in [-0.25, -0.2) is 0 Å². The summed E-state index contributed by atoms with van der Waals surface area (Å²) >= 11 is 0. The van der Waals surface area contributed by atoms with Crippen molar-refractivity contribution < 1.29 is 0 Å². The summed E-state index contributed by atoms with van der Waals surface area (Å²) in [6.45, 7) is 8.29. The number of hydrogen-bond acceptors (Lipinski definition) is 1. The second-order valence-electron chi connectivity index (χ2n) is 7.64. The van der Waals surface area contributed by atoms with Gasteiger partial charge in [0.25, 0.3) is 0 Å². The van der Waals surface area contributed by atoms with Gasteiger partial charge in [-0.2, -0.15) is 0 Å². The second kappa shape index (κ2) is 7.67. The van der Waals surface area contributed by atoms with Gasteiger partial charge in [0.1, 0.15) is 0 Å². The van der Waals surface area contributed by atoms with Crippen LogP contribution >= 0.6 is 0 Å². The largest absolute Gasteiger partial charge is 0.314 e. The molecule has 0 spiro atoms. The van der Waals surface area contributed by atoms with Gasteiger partial charge < -0.3 is 5.32 Å². The molecule has 19 heavy (non-hydrogen) atoms. The van der Waals surface area contributed by atoms with Crippen LogP contribution in [-0.4, -0.2) is 12.6 Å². The normalized spacial score (nSPS) is 37.3. The number of nitrogens with one attached hydrogen (secondary N) is 1. The number of rotatable bonds is 4. The van der Waals surface area contributed by atoms with E-state index in [1.54, 1.807) is 0 Å². The van der Waals surface area contributed by atoms with Crippen LogP contribution in [0.25, 0.3) is 0 Å². The second-order valence-corrected chi connectivity index (χ2v) is 7.64. The van der Waals surface area contributed by atoms with Crippen LogP contribution in [0.4, 0.5) is 0 Å². The van der Waals surface area contributed by atoms with Gasteiger partial charge in [0, 0.05) is 6.04 Å². The smallest absolute Gasteiger partial charge is 0.00104 e. The van der Waals surface area contributed by atoms with Crippen LogP contribution in [0.1, 0.15) is 78.6 Å². The van der Waals surface area contributed by atoms with Crippen molar-refractivity contribution in [1.82, 2.24) is 5.32 Å². The van der Waals surface area contributed by atoms with E-state index in [1.165, 1.54) is 64.3 Å². The molecule has 0 aliphatic heterocycles. The molecule has 2 fully saturated rings. The maximum Gasteiger partial charge on any atom is 0.00104 e. The predicted octanol–water partition coefficient (Wildman–Crippen LogP) is 5.01. The quantitative estimate of drug-likeness (QED) is 0.705. The Morgan fingerprint density at radius 1 is 0.895 bits per heavy atom. The lowest BCUT2D eigenvalue weighted by atomic mass is 9.70. The fourth-order valence-electron chi connectivity index (χ4n) is 4.39. The van der Waals surface area contributed by atoms with Gasteiger partial charge in [0.05, 0.1) is 0 Å². The maximum atomic E-state index is 3.72. The third-order valence-electron chi connectivity index (χ3n) is 5.67. The Hall–Kier alpha value is -0.0400. The van der Waals surface area contributed by atoms with E-state index in [0.717, 1.165) is 23.7 Å². The van der Waals surface area contributed by atoms with E-state index in [1.807, 2.05) is 0 Å². The molecular weight excluding hydrogens is 230 g/mol. The highest BCUT2D eigenvalue weighted by Crippen LogP contribution is 2.41. The molecule has 0 aromatic carbocycles.